The van der Waals surface area contributed by atoms with E-state index < -0.39 is 27.3 Å². The number of rotatable bonds is 8. The fourth-order valence-electron chi connectivity index (χ4n) is 3.45. The van der Waals surface area contributed by atoms with E-state index in [2.05, 4.69) is 10.3 Å². The lowest BCUT2D eigenvalue weighted by atomic mass is 9.84. The molecule has 1 saturated heterocycles. The first-order valence-electron chi connectivity index (χ1n) is 9.45. The number of ether oxygens (including phenoxy) is 1. The molecule has 0 spiro atoms. The maximum atomic E-state index is 13.0. The Bertz CT molecular complexity index is 934. The van der Waals surface area contributed by atoms with Crippen molar-refractivity contribution in [1.82, 2.24) is 4.98 Å². The highest BCUT2D eigenvalue weighted by Crippen LogP contribution is 2.31. The summed E-state index contributed by atoms with van der Waals surface area (Å²) in [6, 6.07) is 6.28. The monoisotopic (exact) mass is 436 g/mol. The van der Waals surface area contributed by atoms with Gasteiger partial charge < -0.3 is 10.1 Å². The summed E-state index contributed by atoms with van der Waals surface area (Å²) in [6.07, 6.45) is 4.07. The van der Waals surface area contributed by atoms with E-state index in [-0.39, 0.29) is 10.8 Å². The van der Waals surface area contributed by atoms with Crippen molar-refractivity contribution in [3.05, 3.63) is 41.4 Å². The van der Waals surface area contributed by atoms with Crippen LogP contribution in [0.2, 0.25) is 0 Å². The van der Waals surface area contributed by atoms with E-state index in [4.69, 9.17) is 4.74 Å². The number of nitrogens with one attached hydrogen (secondary N) is 1. The minimum Gasteiger partial charge on any atom is -0.381 e. The molecular formula is C20H24N2O5S2. The van der Waals surface area contributed by atoms with Crippen molar-refractivity contribution >= 4 is 38.0 Å². The van der Waals surface area contributed by atoms with E-state index in [1.165, 1.54) is 30.4 Å². The summed E-state index contributed by atoms with van der Waals surface area (Å²) in [5.41, 5.74) is 0.743. The van der Waals surface area contributed by atoms with Crippen molar-refractivity contribution in [1.29, 1.82) is 0 Å². The van der Waals surface area contributed by atoms with Gasteiger partial charge in [-0.05, 0) is 49.8 Å². The molecule has 7 nitrogen and oxygen atoms in total. The molecule has 1 aliphatic rings. The average molecular weight is 437 g/mol. The highest BCUT2D eigenvalue weighted by molar-refractivity contribution is 7.92. The molecule has 2 aromatic rings. The molecule has 1 aromatic heterocycles. The molecule has 1 aliphatic heterocycles. The Morgan fingerprint density at radius 2 is 1.93 bits per heavy atom. The summed E-state index contributed by atoms with van der Waals surface area (Å²) in [5, 5.41) is 5.18. The Morgan fingerprint density at radius 3 is 2.52 bits per heavy atom. The van der Waals surface area contributed by atoms with Crippen LogP contribution in [0.25, 0.3) is 0 Å². The van der Waals surface area contributed by atoms with E-state index in [0.717, 1.165) is 18.4 Å². The normalized spacial score (nSPS) is 16.3. The van der Waals surface area contributed by atoms with Crippen LogP contribution in [-0.4, -0.2) is 44.1 Å². The van der Waals surface area contributed by atoms with E-state index in [9.17, 15) is 18.0 Å². The molecule has 2 heterocycles. The van der Waals surface area contributed by atoms with Crippen LogP contribution in [0.1, 0.15) is 37.7 Å². The molecule has 9 heteroatoms. The van der Waals surface area contributed by atoms with Crippen LogP contribution in [0.15, 0.2) is 40.7 Å². The van der Waals surface area contributed by atoms with Gasteiger partial charge in [0.2, 0.25) is 5.91 Å². The van der Waals surface area contributed by atoms with E-state index in [1.807, 2.05) is 0 Å². The molecule has 1 atom stereocenters. The lowest BCUT2D eigenvalue weighted by molar-refractivity contribution is -0.118. The van der Waals surface area contributed by atoms with Crippen LogP contribution < -0.4 is 5.32 Å². The predicted molar refractivity (Wildman–Crippen MR) is 111 cm³/mol. The van der Waals surface area contributed by atoms with Crippen LogP contribution in [0.3, 0.4) is 0 Å². The third-order valence-corrected chi connectivity index (χ3v) is 7.39. The number of hydrogen-bond donors (Lipinski definition) is 1. The number of Topliss-reactive ketones (excluding diaryl/α,β-unsaturated/α-hetero) is 1. The second kappa shape index (κ2) is 9.60. The Labute approximate surface area is 174 Å². The fraction of sp³-hybridized carbons (Fsp3) is 0.450. The number of anilines is 1. The number of ketones is 1. The van der Waals surface area contributed by atoms with Gasteiger partial charge in [0, 0.05) is 24.8 Å². The number of carbonyl (C=O) groups excluding carboxylic acids is 2. The summed E-state index contributed by atoms with van der Waals surface area (Å²) < 4.78 is 29.9. The van der Waals surface area contributed by atoms with Crippen LogP contribution in [-0.2, 0) is 24.2 Å². The smallest absolute Gasteiger partial charge is 0.233 e. The van der Waals surface area contributed by atoms with Gasteiger partial charge in [-0.2, -0.15) is 0 Å². The van der Waals surface area contributed by atoms with Gasteiger partial charge in [0.05, 0.1) is 10.8 Å². The van der Waals surface area contributed by atoms with Gasteiger partial charge in [-0.3, -0.25) is 9.59 Å². The van der Waals surface area contributed by atoms with Gasteiger partial charge in [0.25, 0.3) is 0 Å². The quantitative estimate of drug-likeness (QED) is 0.682. The van der Waals surface area contributed by atoms with E-state index >= 15 is 0 Å². The highest BCUT2D eigenvalue weighted by Gasteiger charge is 2.27. The third-order valence-electron chi connectivity index (χ3n) is 4.92. The van der Waals surface area contributed by atoms with Gasteiger partial charge in [-0.1, -0.05) is 12.1 Å². The number of nitrogens with zero attached hydrogens (tertiary/aromatic N) is 1. The summed E-state index contributed by atoms with van der Waals surface area (Å²) in [5.74, 6) is -1.16. The molecule has 1 aromatic carbocycles. The van der Waals surface area contributed by atoms with Crippen molar-refractivity contribution in [2.24, 2.45) is 5.92 Å². The maximum Gasteiger partial charge on any atom is 0.233 e. The average Bonchev–Trinajstić information content (AvgIpc) is 3.19. The van der Waals surface area contributed by atoms with Gasteiger partial charge in [0.15, 0.2) is 15.0 Å². The minimum absolute atomic E-state index is 0.0848. The van der Waals surface area contributed by atoms with Crippen LogP contribution in [0, 0.1) is 5.92 Å². The molecule has 1 fully saturated rings. The molecule has 0 aliphatic carbocycles. The van der Waals surface area contributed by atoms with E-state index in [1.54, 1.807) is 23.7 Å². The predicted octanol–water partition coefficient (Wildman–Crippen LogP) is 3.04. The lowest BCUT2D eigenvalue weighted by Crippen LogP contribution is -2.26. The maximum absolute atomic E-state index is 13.0. The first kappa shape index (κ1) is 21.6. The molecule has 0 saturated carbocycles. The number of thiazole rings is 1. The Morgan fingerprint density at radius 1 is 1.24 bits per heavy atom. The number of aromatic nitrogens is 1. The number of benzene rings is 1. The van der Waals surface area contributed by atoms with Crippen molar-refractivity contribution in [2.75, 3.05) is 24.3 Å². The van der Waals surface area contributed by atoms with E-state index in [0.29, 0.717) is 30.7 Å². The second-order valence-corrected chi connectivity index (χ2v) is 10.1. The number of amides is 1. The molecule has 1 N–H and O–H groups in total. The largest absolute Gasteiger partial charge is 0.381 e. The van der Waals surface area contributed by atoms with Gasteiger partial charge >= 0.3 is 0 Å². The zero-order chi connectivity index (χ0) is 20.9. The van der Waals surface area contributed by atoms with Crippen molar-refractivity contribution in [3.8, 4) is 0 Å². The van der Waals surface area contributed by atoms with Gasteiger partial charge in [-0.15, -0.1) is 11.3 Å². The first-order valence-corrected chi connectivity index (χ1v) is 12.0. The molecule has 1 unspecified atom stereocenters. The summed E-state index contributed by atoms with van der Waals surface area (Å²) in [6.45, 7) is 2.63. The van der Waals surface area contributed by atoms with Gasteiger partial charge in [-0.25, -0.2) is 13.4 Å². The molecule has 1 amide bonds. The summed E-state index contributed by atoms with van der Waals surface area (Å²) in [7, 11) is -3.67. The lowest BCUT2D eigenvalue weighted by Gasteiger charge is -2.26. The fourth-order valence-corrected chi connectivity index (χ4v) is 5.23. The molecule has 156 valence electrons. The van der Waals surface area contributed by atoms with Crippen LogP contribution >= 0.6 is 11.3 Å². The topological polar surface area (TPSA) is 102 Å². The molecule has 29 heavy (non-hydrogen) atoms. The van der Waals surface area contributed by atoms with Crippen LogP contribution in [0.5, 0.6) is 0 Å². The van der Waals surface area contributed by atoms with Crippen molar-refractivity contribution in [3.63, 3.8) is 0 Å². The molecule has 0 radical (unpaired) electrons. The van der Waals surface area contributed by atoms with Gasteiger partial charge in [0.1, 0.15) is 11.5 Å². The zero-order valence-corrected chi connectivity index (χ0v) is 17.8. The van der Waals surface area contributed by atoms with Crippen LogP contribution in [0.4, 0.5) is 5.13 Å². The van der Waals surface area contributed by atoms with Crippen molar-refractivity contribution in [2.45, 2.75) is 37.0 Å². The molecule has 3 rings (SSSR count). The SMILES string of the molecule is CC(=O)CS(=O)(=O)c1ccc(C(CC2CCOCC2)C(=O)Nc2nccs2)cc1. The van der Waals surface area contributed by atoms with Crippen molar-refractivity contribution < 1.29 is 22.7 Å². The first-order chi connectivity index (χ1) is 13.8. The number of hydrogen-bond acceptors (Lipinski definition) is 7. The number of sulfone groups is 1. The summed E-state index contributed by atoms with van der Waals surface area (Å²) in [4.78, 5) is 28.4. The second-order valence-electron chi connectivity index (χ2n) is 7.20. The Hall–Kier alpha value is -2.10. The number of carbonyl (C=O) groups is 2. The Kier molecular flexibility index (Phi) is 7.15. The standard InChI is InChI=1S/C20H24N2O5S2/c1-14(23)13-29(25,26)17-4-2-16(3-5-17)18(12-15-6-9-27-10-7-15)19(24)22-20-21-8-11-28-20/h2-5,8,11,15,18H,6-7,9-10,12-13H2,1H3,(H,21,22,24). The summed E-state index contributed by atoms with van der Waals surface area (Å²) >= 11 is 1.35. The third kappa shape index (κ3) is 5.94. The highest BCUT2D eigenvalue weighted by atomic mass is 32.2. The molecule has 0 bridgehead atoms. The zero-order valence-electron chi connectivity index (χ0n) is 16.2. The Balaban J connectivity index is 1.82. The molecular weight excluding hydrogens is 412 g/mol. The minimum atomic E-state index is -3.67.